The number of Topliss-reactive ketones (excluding diaryl/α,β-unsaturated/α-hetero) is 1. The van der Waals surface area contributed by atoms with Crippen molar-refractivity contribution in [2.45, 2.75) is 76.9 Å². The molecule has 3 nitrogen and oxygen atoms in total. The highest BCUT2D eigenvalue weighted by atomic mass is 16.3. The van der Waals surface area contributed by atoms with Gasteiger partial charge in [0.05, 0.1) is 12.0 Å². The van der Waals surface area contributed by atoms with Gasteiger partial charge in [-0.1, -0.05) is 38.0 Å². The molecule has 5 atom stereocenters. The second-order valence-electron chi connectivity index (χ2n) is 7.51. The topological polar surface area (TPSA) is 57.5 Å². The summed E-state index contributed by atoms with van der Waals surface area (Å²) in [4.78, 5) is 12.1. The number of hydrogen-bond donors (Lipinski definition) is 2. The average Bonchev–Trinajstić information content (AvgIpc) is 2.54. The molecule has 0 spiro atoms. The first-order chi connectivity index (χ1) is 10.6. The van der Waals surface area contributed by atoms with Gasteiger partial charge in [0, 0.05) is 11.8 Å². The fraction of sp³-hybridized carbons (Fsp3) is 0.842. The summed E-state index contributed by atoms with van der Waals surface area (Å²) >= 11 is 0. The number of aliphatic hydroxyl groups excluding tert-OH is 2. The molecule has 122 valence electrons. The van der Waals surface area contributed by atoms with Crippen molar-refractivity contribution in [2.24, 2.45) is 23.2 Å². The second-order valence-corrected chi connectivity index (χ2v) is 7.51. The molecule has 0 amide bonds. The van der Waals surface area contributed by atoms with Crippen LogP contribution in [0, 0.1) is 35.0 Å². The normalized spacial score (nSPS) is 40.1. The third kappa shape index (κ3) is 2.61. The number of hydrogen-bond acceptors (Lipinski definition) is 3. The minimum Gasteiger partial charge on any atom is -0.392 e. The molecule has 3 aliphatic carbocycles. The number of fused-ring (bicyclic) bond motifs is 1. The van der Waals surface area contributed by atoms with Gasteiger partial charge in [-0.05, 0) is 43.9 Å². The van der Waals surface area contributed by atoms with Crippen molar-refractivity contribution >= 4 is 5.78 Å². The molecule has 0 saturated heterocycles. The summed E-state index contributed by atoms with van der Waals surface area (Å²) in [5, 5.41) is 20.6. The van der Waals surface area contributed by atoms with Crippen molar-refractivity contribution in [3.63, 3.8) is 0 Å². The summed E-state index contributed by atoms with van der Waals surface area (Å²) in [5.41, 5.74) is -0.228. The predicted octanol–water partition coefficient (Wildman–Crippen LogP) is 2.69. The van der Waals surface area contributed by atoms with Gasteiger partial charge in [-0.2, -0.15) is 0 Å². The predicted molar refractivity (Wildman–Crippen MR) is 84.9 cm³/mol. The maximum Gasteiger partial charge on any atom is 0.139 e. The first-order valence-electron chi connectivity index (χ1n) is 8.99. The molecule has 3 fully saturated rings. The van der Waals surface area contributed by atoms with E-state index < -0.39 is 12.2 Å². The quantitative estimate of drug-likeness (QED) is 0.771. The molecule has 0 heterocycles. The van der Waals surface area contributed by atoms with E-state index in [9.17, 15) is 15.0 Å². The maximum atomic E-state index is 12.1. The third-order valence-electron chi connectivity index (χ3n) is 6.53. The molecule has 3 saturated carbocycles. The zero-order valence-electron chi connectivity index (χ0n) is 13.6. The maximum absolute atomic E-state index is 12.1. The van der Waals surface area contributed by atoms with E-state index in [0.29, 0.717) is 24.5 Å². The number of ketones is 1. The molecule has 0 aromatic heterocycles. The molecule has 5 unspecified atom stereocenters. The Labute approximate surface area is 133 Å². The van der Waals surface area contributed by atoms with Crippen molar-refractivity contribution in [3.05, 3.63) is 0 Å². The Kier molecular flexibility index (Phi) is 4.61. The Hall–Kier alpha value is -0.850. The van der Waals surface area contributed by atoms with Gasteiger partial charge >= 0.3 is 0 Å². The largest absolute Gasteiger partial charge is 0.392 e. The van der Waals surface area contributed by atoms with E-state index in [1.165, 1.54) is 19.3 Å². The lowest BCUT2D eigenvalue weighted by atomic mass is 9.48. The van der Waals surface area contributed by atoms with E-state index in [2.05, 4.69) is 18.8 Å². The third-order valence-corrected chi connectivity index (χ3v) is 6.53. The van der Waals surface area contributed by atoms with Crippen molar-refractivity contribution in [2.75, 3.05) is 0 Å². The van der Waals surface area contributed by atoms with Crippen LogP contribution in [0.4, 0.5) is 0 Å². The summed E-state index contributed by atoms with van der Waals surface area (Å²) in [5.74, 6) is 6.91. The van der Waals surface area contributed by atoms with Crippen molar-refractivity contribution in [1.82, 2.24) is 0 Å². The monoisotopic (exact) mass is 304 g/mol. The van der Waals surface area contributed by atoms with E-state index >= 15 is 0 Å². The number of rotatable bonds is 2. The fourth-order valence-electron chi connectivity index (χ4n) is 4.90. The smallest absolute Gasteiger partial charge is 0.139 e. The number of aliphatic hydroxyl groups is 2. The van der Waals surface area contributed by atoms with Crippen LogP contribution in [0.5, 0.6) is 0 Å². The first kappa shape index (κ1) is 16.0. The summed E-state index contributed by atoms with van der Waals surface area (Å²) in [6, 6.07) is 0. The fourth-order valence-corrected chi connectivity index (χ4v) is 4.90. The molecule has 0 aromatic rings. The molecule has 3 heteroatoms. The number of carbonyl (C=O) groups excluding carboxylic acids is 1. The molecule has 3 aliphatic rings. The Balaban J connectivity index is 1.71. The number of carbonyl (C=O) groups is 1. The minimum absolute atomic E-state index is 0.135. The average molecular weight is 304 g/mol. The van der Waals surface area contributed by atoms with Crippen LogP contribution in [0.1, 0.15) is 64.7 Å². The van der Waals surface area contributed by atoms with Gasteiger partial charge in [0.25, 0.3) is 0 Å². The zero-order chi connectivity index (χ0) is 15.7. The van der Waals surface area contributed by atoms with Crippen LogP contribution < -0.4 is 0 Å². The summed E-state index contributed by atoms with van der Waals surface area (Å²) in [6.07, 6.45) is 7.62. The van der Waals surface area contributed by atoms with Gasteiger partial charge in [-0.3, -0.25) is 4.79 Å². The SMILES string of the molecule is CCC12CCC(O)C(C#CC(O)C3CCCCC3)C1CC2=O. The molecule has 3 rings (SSSR count). The Morgan fingerprint density at radius 2 is 2.00 bits per heavy atom. The molecule has 0 bridgehead atoms. The Morgan fingerprint density at radius 1 is 1.27 bits per heavy atom. The lowest BCUT2D eigenvalue weighted by Crippen LogP contribution is -2.58. The summed E-state index contributed by atoms with van der Waals surface area (Å²) in [6.45, 7) is 2.07. The highest BCUT2D eigenvalue weighted by Gasteiger charge is 2.59. The second kappa shape index (κ2) is 6.34. The van der Waals surface area contributed by atoms with E-state index in [-0.39, 0.29) is 17.3 Å². The van der Waals surface area contributed by atoms with E-state index in [0.717, 1.165) is 25.7 Å². The van der Waals surface area contributed by atoms with Gasteiger partial charge in [-0.25, -0.2) is 0 Å². The van der Waals surface area contributed by atoms with Crippen LogP contribution in [0.25, 0.3) is 0 Å². The van der Waals surface area contributed by atoms with Crippen LogP contribution in [0.2, 0.25) is 0 Å². The zero-order valence-corrected chi connectivity index (χ0v) is 13.6. The lowest BCUT2D eigenvalue weighted by molar-refractivity contribution is -0.160. The van der Waals surface area contributed by atoms with Gasteiger partial charge in [0.1, 0.15) is 11.9 Å². The van der Waals surface area contributed by atoms with Gasteiger partial charge in [0.15, 0.2) is 0 Å². The van der Waals surface area contributed by atoms with Crippen LogP contribution in [-0.4, -0.2) is 28.2 Å². The summed E-state index contributed by atoms with van der Waals surface area (Å²) < 4.78 is 0. The Morgan fingerprint density at radius 3 is 2.64 bits per heavy atom. The first-order valence-corrected chi connectivity index (χ1v) is 8.99. The van der Waals surface area contributed by atoms with E-state index in [1.807, 2.05) is 0 Å². The van der Waals surface area contributed by atoms with Crippen LogP contribution >= 0.6 is 0 Å². The van der Waals surface area contributed by atoms with Gasteiger partial charge in [0.2, 0.25) is 0 Å². The molecule has 2 N–H and O–H groups in total. The van der Waals surface area contributed by atoms with Gasteiger partial charge in [-0.15, -0.1) is 0 Å². The lowest BCUT2D eigenvalue weighted by Gasteiger charge is -2.54. The minimum atomic E-state index is -0.568. The van der Waals surface area contributed by atoms with Crippen molar-refractivity contribution < 1.29 is 15.0 Å². The standard InChI is InChI=1S/C19H28O3/c1-2-19-11-10-17(21)14(15(19)12-18(19)22)8-9-16(20)13-6-4-3-5-7-13/h13-17,20-21H,2-7,10-12H2,1H3. The molecule has 0 aromatic carbocycles. The van der Waals surface area contributed by atoms with Crippen molar-refractivity contribution in [3.8, 4) is 11.8 Å². The van der Waals surface area contributed by atoms with E-state index in [4.69, 9.17) is 0 Å². The Bertz CT molecular complexity index is 483. The molecule has 0 radical (unpaired) electrons. The van der Waals surface area contributed by atoms with E-state index in [1.54, 1.807) is 0 Å². The highest BCUT2D eigenvalue weighted by molar-refractivity contribution is 5.91. The van der Waals surface area contributed by atoms with Gasteiger partial charge < -0.3 is 10.2 Å². The molecule has 22 heavy (non-hydrogen) atoms. The molecule has 0 aliphatic heterocycles. The van der Waals surface area contributed by atoms with Crippen LogP contribution in [0.3, 0.4) is 0 Å². The molecular weight excluding hydrogens is 276 g/mol. The highest BCUT2D eigenvalue weighted by Crippen LogP contribution is 2.57. The molecular formula is C19H28O3. The summed E-state index contributed by atoms with van der Waals surface area (Å²) in [7, 11) is 0. The van der Waals surface area contributed by atoms with Crippen LogP contribution in [-0.2, 0) is 4.79 Å². The van der Waals surface area contributed by atoms with Crippen molar-refractivity contribution in [1.29, 1.82) is 0 Å². The van der Waals surface area contributed by atoms with Crippen LogP contribution in [0.15, 0.2) is 0 Å².